The first kappa shape index (κ1) is 18.7. The largest absolute Gasteiger partial charge is 0.495 e. The van der Waals surface area contributed by atoms with E-state index in [0.29, 0.717) is 11.0 Å². The molecule has 1 heterocycles. The normalized spacial score (nSPS) is 18.0. The minimum atomic E-state index is -0.597. The van der Waals surface area contributed by atoms with E-state index >= 15 is 0 Å². The summed E-state index contributed by atoms with van der Waals surface area (Å²) < 4.78 is 17.8. The zero-order valence-corrected chi connectivity index (χ0v) is 16.0. The van der Waals surface area contributed by atoms with Crippen LogP contribution in [0.5, 0.6) is 0 Å². The van der Waals surface area contributed by atoms with Gasteiger partial charge in [-0.2, -0.15) is 0 Å². The molecule has 136 valence electrons. The van der Waals surface area contributed by atoms with Crippen molar-refractivity contribution < 1.29 is 18.8 Å². The number of esters is 1. The number of benzene rings is 2. The van der Waals surface area contributed by atoms with Crippen molar-refractivity contribution >= 4 is 18.6 Å². The van der Waals surface area contributed by atoms with Crippen molar-refractivity contribution in [1.29, 1.82) is 0 Å². The van der Waals surface area contributed by atoms with Gasteiger partial charge in [-0.3, -0.25) is 0 Å². The van der Waals surface area contributed by atoms with E-state index in [1.807, 2.05) is 83.1 Å². The van der Waals surface area contributed by atoms with Crippen molar-refractivity contribution in [3.05, 3.63) is 65.2 Å². The highest BCUT2D eigenvalue weighted by molar-refractivity contribution is 6.63. The van der Waals surface area contributed by atoms with E-state index in [9.17, 15) is 4.79 Å². The molecular formula is C21H25BO4. The van der Waals surface area contributed by atoms with Crippen LogP contribution in [0.4, 0.5) is 0 Å². The van der Waals surface area contributed by atoms with Crippen molar-refractivity contribution in [2.45, 2.75) is 52.4 Å². The smallest absolute Gasteiger partial charge is 0.457 e. The molecule has 0 spiro atoms. The Morgan fingerprint density at radius 3 is 2.23 bits per heavy atom. The Bertz CT molecular complexity index is 783. The SMILES string of the molecule is Cc1ccc(B2OC(C)(C)C(C)(C)O2)c(C(=O)OCc2ccccc2)c1. The summed E-state index contributed by atoms with van der Waals surface area (Å²) >= 11 is 0. The first-order chi connectivity index (χ1) is 12.2. The molecule has 3 rings (SSSR count). The number of rotatable bonds is 4. The van der Waals surface area contributed by atoms with Crippen molar-refractivity contribution in [2.75, 3.05) is 0 Å². The minimum Gasteiger partial charge on any atom is -0.457 e. The molecule has 26 heavy (non-hydrogen) atoms. The monoisotopic (exact) mass is 352 g/mol. The molecule has 0 saturated carbocycles. The molecular weight excluding hydrogens is 327 g/mol. The van der Waals surface area contributed by atoms with E-state index in [1.54, 1.807) is 0 Å². The average molecular weight is 352 g/mol. The van der Waals surface area contributed by atoms with Crippen LogP contribution < -0.4 is 5.46 Å². The maximum atomic E-state index is 12.7. The van der Waals surface area contributed by atoms with E-state index in [0.717, 1.165) is 11.1 Å². The molecule has 2 aromatic carbocycles. The maximum Gasteiger partial charge on any atom is 0.495 e. The van der Waals surface area contributed by atoms with Crippen LogP contribution in [-0.4, -0.2) is 24.3 Å². The maximum absolute atomic E-state index is 12.7. The van der Waals surface area contributed by atoms with Gasteiger partial charge in [0.2, 0.25) is 0 Å². The zero-order valence-electron chi connectivity index (χ0n) is 16.0. The second kappa shape index (κ2) is 6.90. The van der Waals surface area contributed by atoms with Gasteiger partial charge >= 0.3 is 13.1 Å². The Morgan fingerprint density at radius 2 is 1.62 bits per heavy atom. The molecule has 4 nitrogen and oxygen atoms in total. The van der Waals surface area contributed by atoms with Crippen LogP contribution in [-0.2, 0) is 20.7 Å². The molecule has 1 fully saturated rings. The van der Waals surface area contributed by atoms with Crippen molar-refractivity contribution in [1.82, 2.24) is 0 Å². The summed E-state index contributed by atoms with van der Waals surface area (Å²) in [6.45, 7) is 10.2. The molecule has 5 heteroatoms. The van der Waals surface area contributed by atoms with Gasteiger partial charge in [-0.25, -0.2) is 4.79 Å². The molecule has 0 amide bonds. The van der Waals surface area contributed by atoms with Crippen molar-refractivity contribution in [2.24, 2.45) is 0 Å². The van der Waals surface area contributed by atoms with Gasteiger partial charge in [0.1, 0.15) is 6.61 Å². The first-order valence-electron chi connectivity index (χ1n) is 8.87. The third kappa shape index (κ3) is 3.69. The predicted octanol–water partition coefficient (Wildman–Crippen LogP) is 3.65. The summed E-state index contributed by atoms with van der Waals surface area (Å²) in [6, 6.07) is 15.3. The standard InChI is InChI=1S/C21H25BO4/c1-15-11-12-18(22-25-20(2,3)21(4,5)26-22)17(13-15)19(23)24-14-16-9-7-6-8-10-16/h6-13H,14H2,1-5H3. The second-order valence-electron chi connectivity index (χ2n) is 7.74. The van der Waals surface area contributed by atoms with Crippen LogP contribution in [0.2, 0.25) is 0 Å². The van der Waals surface area contributed by atoms with Gasteiger partial charge in [0.25, 0.3) is 0 Å². The van der Waals surface area contributed by atoms with E-state index in [1.165, 1.54) is 0 Å². The van der Waals surface area contributed by atoms with Crippen LogP contribution in [0, 0.1) is 6.92 Å². The van der Waals surface area contributed by atoms with Gasteiger partial charge in [-0.15, -0.1) is 0 Å². The molecule has 1 aliphatic rings. The van der Waals surface area contributed by atoms with Crippen LogP contribution >= 0.6 is 0 Å². The Hall–Kier alpha value is -2.11. The first-order valence-corrected chi connectivity index (χ1v) is 8.87. The zero-order chi connectivity index (χ0) is 18.9. The van der Waals surface area contributed by atoms with Crippen LogP contribution in [0.1, 0.15) is 49.2 Å². The fourth-order valence-corrected chi connectivity index (χ4v) is 2.82. The molecule has 0 N–H and O–H groups in total. The van der Waals surface area contributed by atoms with Gasteiger partial charge in [0.15, 0.2) is 0 Å². The summed E-state index contributed by atoms with van der Waals surface area (Å²) in [6.07, 6.45) is 0. The van der Waals surface area contributed by atoms with Gasteiger partial charge in [0, 0.05) is 0 Å². The molecule has 0 aliphatic carbocycles. The Kier molecular flexibility index (Phi) is 4.95. The van der Waals surface area contributed by atoms with E-state index in [4.69, 9.17) is 14.0 Å². The molecule has 1 saturated heterocycles. The number of hydrogen-bond donors (Lipinski definition) is 0. The minimum absolute atomic E-state index is 0.233. The van der Waals surface area contributed by atoms with Gasteiger partial charge in [-0.1, -0.05) is 48.0 Å². The van der Waals surface area contributed by atoms with Crippen molar-refractivity contribution in [3.8, 4) is 0 Å². The summed E-state index contributed by atoms with van der Waals surface area (Å²) in [7, 11) is -0.597. The fourth-order valence-electron chi connectivity index (χ4n) is 2.82. The lowest BCUT2D eigenvalue weighted by Crippen LogP contribution is -2.41. The number of hydrogen-bond acceptors (Lipinski definition) is 4. The number of aryl methyl sites for hydroxylation is 1. The highest BCUT2D eigenvalue weighted by Gasteiger charge is 2.52. The summed E-state index contributed by atoms with van der Waals surface area (Å²) in [5.74, 6) is -0.373. The third-order valence-electron chi connectivity index (χ3n) is 5.15. The van der Waals surface area contributed by atoms with Crippen molar-refractivity contribution in [3.63, 3.8) is 0 Å². The van der Waals surface area contributed by atoms with E-state index in [-0.39, 0.29) is 12.6 Å². The molecule has 1 aliphatic heterocycles. The summed E-state index contributed by atoms with van der Waals surface area (Å²) in [5, 5.41) is 0. The Morgan fingerprint density at radius 1 is 1.00 bits per heavy atom. The number of carbonyl (C=O) groups excluding carboxylic acids is 1. The lowest BCUT2D eigenvalue weighted by atomic mass is 9.75. The Balaban J connectivity index is 1.84. The number of ether oxygens (including phenoxy) is 1. The lowest BCUT2D eigenvalue weighted by molar-refractivity contribution is 0.00578. The summed E-state index contributed by atoms with van der Waals surface area (Å²) in [4.78, 5) is 12.7. The summed E-state index contributed by atoms with van der Waals surface area (Å²) in [5.41, 5.74) is 2.19. The average Bonchev–Trinajstić information content (AvgIpc) is 2.81. The number of carbonyl (C=O) groups is 1. The molecule has 2 aromatic rings. The van der Waals surface area contributed by atoms with E-state index < -0.39 is 18.3 Å². The van der Waals surface area contributed by atoms with Gasteiger partial charge in [0.05, 0.1) is 16.8 Å². The third-order valence-corrected chi connectivity index (χ3v) is 5.15. The van der Waals surface area contributed by atoms with Crippen LogP contribution in [0.15, 0.2) is 48.5 Å². The Labute approximate surface area is 155 Å². The molecule has 0 aromatic heterocycles. The van der Waals surface area contributed by atoms with Crippen LogP contribution in [0.3, 0.4) is 0 Å². The van der Waals surface area contributed by atoms with Gasteiger partial charge < -0.3 is 14.0 Å². The quantitative estimate of drug-likeness (QED) is 0.622. The van der Waals surface area contributed by atoms with Crippen LogP contribution in [0.25, 0.3) is 0 Å². The second-order valence-corrected chi connectivity index (χ2v) is 7.74. The molecule has 0 radical (unpaired) electrons. The molecule has 0 bridgehead atoms. The van der Waals surface area contributed by atoms with Gasteiger partial charge in [-0.05, 0) is 51.7 Å². The lowest BCUT2D eigenvalue weighted by Gasteiger charge is -2.32. The molecule has 0 unspecified atom stereocenters. The van der Waals surface area contributed by atoms with E-state index in [2.05, 4.69) is 0 Å². The topological polar surface area (TPSA) is 44.8 Å². The molecule has 0 atom stereocenters. The highest BCUT2D eigenvalue weighted by Crippen LogP contribution is 2.36. The predicted molar refractivity (Wildman–Crippen MR) is 102 cm³/mol. The highest BCUT2D eigenvalue weighted by atomic mass is 16.7. The fraction of sp³-hybridized carbons (Fsp3) is 0.381.